The number of aromatic nitrogens is 2. The Kier molecular flexibility index (Phi) is 12.1. The van der Waals surface area contributed by atoms with E-state index in [4.69, 9.17) is 4.52 Å². The molecule has 0 radical (unpaired) electrons. The van der Waals surface area contributed by atoms with Gasteiger partial charge in [-0.15, -0.1) is 24.0 Å². The van der Waals surface area contributed by atoms with Gasteiger partial charge in [-0.2, -0.15) is 4.98 Å². The fourth-order valence-corrected chi connectivity index (χ4v) is 1.85. The summed E-state index contributed by atoms with van der Waals surface area (Å²) in [5, 5.41) is 10.6. The molecule has 0 unspecified atom stereocenters. The number of nitrogens with zero attached hydrogens (tertiary/aromatic N) is 3. The van der Waals surface area contributed by atoms with E-state index in [-0.39, 0.29) is 24.0 Å². The Labute approximate surface area is 157 Å². The van der Waals surface area contributed by atoms with E-state index in [1.54, 1.807) is 0 Å². The zero-order valence-electron chi connectivity index (χ0n) is 15.1. The molecule has 0 aliphatic carbocycles. The molecule has 1 aromatic heterocycles. The molecule has 0 fully saturated rings. The maximum absolute atomic E-state index is 5.23. The summed E-state index contributed by atoms with van der Waals surface area (Å²) in [4.78, 5) is 8.95. The van der Waals surface area contributed by atoms with Gasteiger partial charge >= 0.3 is 0 Å². The van der Waals surface area contributed by atoms with Crippen LogP contribution in [0, 0.1) is 5.92 Å². The minimum Gasteiger partial charge on any atom is -0.357 e. The second-order valence-corrected chi connectivity index (χ2v) is 6.17. The molecular weight excluding hydrogens is 405 g/mol. The predicted octanol–water partition coefficient (Wildman–Crippen LogP) is 3.34. The van der Waals surface area contributed by atoms with Gasteiger partial charge in [0.05, 0.1) is 0 Å². The van der Waals surface area contributed by atoms with Gasteiger partial charge < -0.3 is 15.2 Å². The molecule has 0 aliphatic heterocycles. The highest BCUT2D eigenvalue weighted by Gasteiger charge is 2.08. The average molecular weight is 437 g/mol. The smallest absolute Gasteiger partial charge is 0.226 e. The van der Waals surface area contributed by atoms with Crippen molar-refractivity contribution in [2.75, 3.05) is 19.6 Å². The fourth-order valence-electron chi connectivity index (χ4n) is 1.85. The minimum atomic E-state index is 0. The van der Waals surface area contributed by atoms with Gasteiger partial charge in [0, 0.05) is 32.0 Å². The van der Waals surface area contributed by atoms with Crippen LogP contribution in [0.3, 0.4) is 0 Å². The van der Waals surface area contributed by atoms with E-state index in [1.807, 2.05) is 0 Å². The number of aryl methyl sites for hydroxylation is 1. The number of halogens is 1. The largest absolute Gasteiger partial charge is 0.357 e. The van der Waals surface area contributed by atoms with Crippen molar-refractivity contribution < 1.29 is 4.52 Å². The molecular formula is C16H32IN5O. The molecule has 2 N–H and O–H groups in total. The Morgan fingerprint density at radius 1 is 1.22 bits per heavy atom. The summed E-state index contributed by atoms with van der Waals surface area (Å²) in [5.74, 6) is 3.37. The Morgan fingerprint density at radius 2 is 1.96 bits per heavy atom. The predicted molar refractivity (Wildman–Crippen MR) is 106 cm³/mol. The summed E-state index contributed by atoms with van der Waals surface area (Å²) in [6.45, 7) is 13.2. The molecule has 134 valence electrons. The monoisotopic (exact) mass is 437 g/mol. The Morgan fingerprint density at radius 3 is 2.52 bits per heavy atom. The summed E-state index contributed by atoms with van der Waals surface area (Å²) in [5.41, 5.74) is 0. The zero-order valence-corrected chi connectivity index (χ0v) is 17.4. The van der Waals surface area contributed by atoms with Crippen LogP contribution in [-0.2, 0) is 6.42 Å². The number of hydrogen-bond acceptors (Lipinski definition) is 4. The molecule has 23 heavy (non-hydrogen) atoms. The topological polar surface area (TPSA) is 75.3 Å². The van der Waals surface area contributed by atoms with E-state index in [2.05, 4.69) is 60.4 Å². The van der Waals surface area contributed by atoms with Crippen LogP contribution in [-0.4, -0.2) is 35.7 Å². The van der Waals surface area contributed by atoms with E-state index < -0.39 is 0 Å². The number of nitrogens with one attached hydrogen (secondary N) is 2. The molecule has 1 heterocycles. The van der Waals surface area contributed by atoms with Crippen molar-refractivity contribution in [2.24, 2.45) is 10.9 Å². The van der Waals surface area contributed by atoms with Crippen molar-refractivity contribution in [1.29, 1.82) is 0 Å². The molecule has 0 atom stereocenters. The third-order valence-electron chi connectivity index (χ3n) is 3.18. The van der Waals surface area contributed by atoms with Crippen molar-refractivity contribution in [3.05, 3.63) is 11.7 Å². The molecule has 0 spiro atoms. The van der Waals surface area contributed by atoms with Crippen LogP contribution < -0.4 is 10.6 Å². The van der Waals surface area contributed by atoms with Crippen molar-refractivity contribution in [1.82, 2.24) is 20.8 Å². The van der Waals surface area contributed by atoms with E-state index >= 15 is 0 Å². The van der Waals surface area contributed by atoms with Crippen LogP contribution in [0.2, 0.25) is 0 Å². The van der Waals surface area contributed by atoms with Gasteiger partial charge in [-0.1, -0.05) is 32.9 Å². The standard InChI is InChI=1S/C16H31N5O.HI/c1-6-17-16(19-11-9-12(2)3)18-10-7-8-14-20-15(13(4)5)21-22-14;/h12-13H,6-11H2,1-5H3,(H2,17,18,19);1H. The van der Waals surface area contributed by atoms with Crippen molar-refractivity contribution in [2.45, 2.75) is 59.8 Å². The quantitative estimate of drug-likeness (QED) is 0.268. The lowest BCUT2D eigenvalue weighted by Crippen LogP contribution is -2.38. The van der Waals surface area contributed by atoms with E-state index in [0.717, 1.165) is 50.7 Å². The lowest BCUT2D eigenvalue weighted by molar-refractivity contribution is 0.369. The first-order valence-corrected chi connectivity index (χ1v) is 8.37. The number of hydrogen-bond donors (Lipinski definition) is 2. The molecule has 0 aromatic carbocycles. The summed E-state index contributed by atoms with van der Waals surface area (Å²) in [7, 11) is 0. The highest BCUT2D eigenvalue weighted by Crippen LogP contribution is 2.10. The average Bonchev–Trinajstić information content (AvgIpc) is 2.92. The van der Waals surface area contributed by atoms with Crippen molar-refractivity contribution in [3.8, 4) is 0 Å². The fraction of sp³-hybridized carbons (Fsp3) is 0.812. The van der Waals surface area contributed by atoms with Crippen LogP contribution in [0.1, 0.15) is 65.1 Å². The lowest BCUT2D eigenvalue weighted by Gasteiger charge is -2.12. The summed E-state index contributed by atoms with van der Waals surface area (Å²) >= 11 is 0. The minimum absolute atomic E-state index is 0. The second kappa shape index (κ2) is 12.5. The maximum Gasteiger partial charge on any atom is 0.226 e. The van der Waals surface area contributed by atoms with E-state index in [0.29, 0.717) is 17.7 Å². The van der Waals surface area contributed by atoms with E-state index in [1.165, 1.54) is 0 Å². The molecule has 0 amide bonds. The van der Waals surface area contributed by atoms with Crippen molar-refractivity contribution >= 4 is 29.9 Å². The molecule has 0 aliphatic rings. The van der Waals surface area contributed by atoms with Crippen LogP contribution in [0.4, 0.5) is 0 Å². The van der Waals surface area contributed by atoms with E-state index in [9.17, 15) is 0 Å². The van der Waals surface area contributed by atoms with Gasteiger partial charge in [0.1, 0.15) is 0 Å². The second-order valence-electron chi connectivity index (χ2n) is 6.17. The number of rotatable bonds is 9. The van der Waals surface area contributed by atoms with Crippen molar-refractivity contribution in [3.63, 3.8) is 0 Å². The summed E-state index contributed by atoms with van der Waals surface area (Å²) in [6, 6.07) is 0. The molecule has 1 aromatic rings. The molecule has 0 bridgehead atoms. The molecule has 1 rings (SSSR count). The first-order valence-electron chi connectivity index (χ1n) is 8.37. The number of aliphatic imine (C=N–C) groups is 1. The third-order valence-corrected chi connectivity index (χ3v) is 3.18. The van der Waals surface area contributed by atoms with Crippen LogP contribution in [0.15, 0.2) is 9.52 Å². The van der Waals surface area contributed by atoms with Gasteiger partial charge in [0.2, 0.25) is 5.89 Å². The zero-order chi connectivity index (χ0) is 16.4. The Hall–Kier alpha value is -0.860. The highest BCUT2D eigenvalue weighted by atomic mass is 127. The maximum atomic E-state index is 5.23. The normalized spacial score (nSPS) is 11.7. The summed E-state index contributed by atoms with van der Waals surface area (Å²) in [6.07, 6.45) is 2.82. The lowest BCUT2D eigenvalue weighted by atomic mass is 10.1. The third kappa shape index (κ3) is 9.78. The van der Waals surface area contributed by atoms with Gasteiger partial charge in [-0.3, -0.25) is 4.99 Å². The molecule has 6 nitrogen and oxygen atoms in total. The SMILES string of the molecule is CCNC(=NCCCc1nc(C(C)C)no1)NCCC(C)C.I. The van der Waals surface area contributed by atoms with Crippen LogP contribution in [0.5, 0.6) is 0 Å². The van der Waals surface area contributed by atoms with Gasteiger partial charge in [-0.25, -0.2) is 0 Å². The highest BCUT2D eigenvalue weighted by molar-refractivity contribution is 14.0. The Bertz CT molecular complexity index is 445. The Balaban J connectivity index is 0.00000484. The van der Waals surface area contributed by atoms with Gasteiger partial charge in [0.25, 0.3) is 0 Å². The van der Waals surface area contributed by atoms with Gasteiger partial charge in [-0.05, 0) is 25.7 Å². The summed E-state index contributed by atoms with van der Waals surface area (Å²) < 4.78 is 5.23. The van der Waals surface area contributed by atoms with Crippen LogP contribution in [0.25, 0.3) is 0 Å². The first kappa shape index (κ1) is 22.1. The van der Waals surface area contributed by atoms with Gasteiger partial charge in [0.15, 0.2) is 11.8 Å². The molecule has 0 saturated carbocycles. The first-order chi connectivity index (χ1) is 10.5. The van der Waals surface area contributed by atoms with Crippen LogP contribution >= 0.6 is 24.0 Å². The molecule has 0 saturated heterocycles. The molecule has 7 heteroatoms. The number of guanidine groups is 1.